The maximum atomic E-state index is 14.1. The molecule has 6 heteroatoms. The number of fused-ring (bicyclic) bond motifs is 2. The number of benzene rings is 1. The summed E-state index contributed by atoms with van der Waals surface area (Å²) in [6, 6.07) is 4.49. The molecule has 3 aliphatic rings. The van der Waals surface area contributed by atoms with E-state index < -0.39 is 4.87 Å². The summed E-state index contributed by atoms with van der Waals surface area (Å²) < 4.78 is 13.8. The van der Waals surface area contributed by atoms with Gasteiger partial charge in [-0.15, -0.1) is 11.8 Å². The molecule has 2 heterocycles. The van der Waals surface area contributed by atoms with Crippen LogP contribution in [0.15, 0.2) is 18.2 Å². The van der Waals surface area contributed by atoms with Crippen LogP contribution in [-0.2, 0) is 14.5 Å². The number of halogens is 1. The summed E-state index contributed by atoms with van der Waals surface area (Å²) in [5.41, 5.74) is 1.35. The summed E-state index contributed by atoms with van der Waals surface area (Å²) in [6.07, 6.45) is 2.84. The molecular weight excluding hydrogens is 339 g/mol. The minimum absolute atomic E-state index is 0.00635. The quantitative estimate of drug-likeness (QED) is 0.808. The van der Waals surface area contributed by atoms with Crippen molar-refractivity contribution < 1.29 is 14.0 Å². The average Bonchev–Trinajstić information content (AvgIpc) is 2.91. The van der Waals surface area contributed by atoms with Crippen LogP contribution in [0.1, 0.15) is 45.6 Å². The highest BCUT2D eigenvalue weighted by atomic mass is 32.2. The lowest BCUT2D eigenvalue weighted by molar-refractivity contribution is -0.146. The standard InChI is InChI=1S/C19H23FN2O2S/c1-4-21-15-9-8-13(20)10-14(15)19(17(21)24)22(11-18(2,3)25-19)16(23)12-6-5-7-12/h8-10,12H,4-7,11H2,1-3H3/t19-/m0/s1. The van der Waals surface area contributed by atoms with Gasteiger partial charge in [0.25, 0.3) is 5.91 Å². The molecule has 25 heavy (non-hydrogen) atoms. The van der Waals surface area contributed by atoms with Gasteiger partial charge in [-0.3, -0.25) is 9.59 Å². The van der Waals surface area contributed by atoms with E-state index in [-0.39, 0.29) is 28.3 Å². The van der Waals surface area contributed by atoms with E-state index in [1.54, 1.807) is 15.9 Å². The van der Waals surface area contributed by atoms with Gasteiger partial charge in [-0.05, 0) is 51.8 Å². The number of thioether (sulfide) groups is 1. The molecule has 1 aromatic carbocycles. The van der Waals surface area contributed by atoms with Gasteiger partial charge in [0.15, 0.2) is 4.87 Å². The molecule has 0 aromatic heterocycles. The molecule has 1 saturated carbocycles. The molecule has 1 saturated heterocycles. The summed E-state index contributed by atoms with van der Waals surface area (Å²) in [5, 5.41) is 0. The minimum atomic E-state index is -1.12. The maximum absolute atomic E-state index is 14.1. The van der Waals surface area contributed by atoms with Crippen molar-refractivity contribution >= 4 is 29.3 Å². The van der Waals surface area contributed by atoms with Gasteiger partial charge < -0.3 is 9.80 Å². The third-order valence-electron chi connectivity index (χ3n) is 5.53. The predicted octanol–water partition coefficient (Wildman–Crippen LogP) is 3.50. The summed E-state index contributed by atoms with van der Waals surface area (Å²) in [5.74, 6) is -0.429. The van der Waals surface area contributed by atoms with E-state index in [0.717, 1.165) is 24.9 Å². The van der Waals surface area contributed by atoms with E-state index in [0.29, 0.717) is 18.7 Å². The van der Waals surface area contributed by atoms with Crippen LogP contribution in [0.5, 0.6) is 0 Å². The second-order valence-corrected chi connectivity index (χ2v) is 9.67. The van der Waals surface area contributed by atoms with Crippen LogP contribution in [-0.4, -0.2) is 34.6 Å². The lowest BCUT2D eigenvalue weighted by Gasteiger charge is -2.37. The van der Waals surface area contributed by atoms with Gasteiger partial charge in [0, 0.05) is 29.3 Å². The molecule has 134 valence electrons. The van der Waals surface area contributed by atoms with Crippen molar-refractivity contribution in [2.75, 3.05) is 18.0 Å². The van der Waals surface area contributed by atoms with E-state index in [1.807, 2.05) is 20.8 Å². The first-order chi connectivity index (χ1) is 11.8. The normalized spacial score (nSPS) is 27.8. The Balaban J connectivity index is 1.89. The molecule has 4 rings (SSSR count). The fourth-order valence-corrected chi connectivity index (χ4v) is 5.91. The van der Waals surface area contributed by atoms with Gasteiger partial charge in [0.2, 0.25) is 5.91 Å². The molecule has 0 N–H and O–H groups in total. The first kappa shape index (κ1) is 16.9. The zero-order valence-corrected chi connectivity index (χ0v) is 15.7. The van der Waals surface area contributed by atoms with Gasteiger partial charge in [-0.2, -0.15) is 0 Å². The number of carbonyl (C=O) groups excluding carboxylic acids is 2. The molecule has 2 fully saturated rings. The third-order valence-corrected chi connectivity index (χ3v) is 7.12. The van der Waals surface area contributed by atoms with Crippen LogP contribution in [0, 0.1) is 11.7 Å². The Morgan fingerprint density at radius 2 is 2.08 bits per heavy atom. The van der Waals surface area contributed by atoms with Gasteiger partial charge >= 0.3 is 0 Å². The maximum Gasteiger partial charge on any atom is 0.268 e. The van der Waals surface area contributed by atoms with Crippen LogP contribution in [0.4, 0.5) is 10.1 Å². The minimum Gasteiger partial charge on any atom is -0.314 e. The number of rotatable bonds is 2. The lowest BCUT2D eigenvalue weighted by Crippen LogP contribution is -2.53. The van der Waals surface area contributed by atoms with E-state index >= 15 is 0 Å². The van der Waals surface area contributed by atoms with Gasteiger partial charge in [0.1, 0.15) is 5.82 Å². The molecule has 0 bridgehead atoms. The van der Waals surface area contributed by atoms with Crippen molar-refractivity contribution in [3.05, 3.63) is 29.6 Å². The highest BCUT2D eigenvalue weighted by Crippen LogP contribution is 2.60. The van der Waals surface area contributed by atoms with Crippen molar-refractivity contribution in [1.29, 1.82) is 0 Å². The Labute approximate surface area is 151 Å². The largest absolute Gasteiger partial charge is 0.314 e. The van der Waals surface area contributed by atoms with Crippen LogP contribution in [0.25, 0.3) is 0 Å². The number of carbonyl (C=O) groups is 2. The van der Waals surface area contributed by atoms with Crippen molar-refractivity contribution in [2.24, 2.45) is 5.92 Å². The van der Waals surface area contributed by atoms with Crippen LogP contribution in [0.3, 0.4) is 0 Å². The number of hydrogen-bond donors (Lipinski definition) is 0. The number of hydrogen-bond acceptors (Lipinski definition) is 3. The van der Waals surface area contributed by atoms with Crippen molar-refractivity contribution in [3.8, 4) is 0 Å². The molecule has 0 unspecified atom stereocenters. The van der Waals surface area contributed by atoms with Gasteiger partial charge in [0.05, 0.1) is 5.69 Å². The Kier molecular flexibility index (Phi) is 3.69. The second kappa shape index (κ2) is 5.47. The molecule has 0 radical (unpaired) electrons. The van der Waals surface area contributed by atoms with Gasteiger partial charge in [-0.25, -0.2) is 4.39 Å². The lowest BCUT2D eigenvalue weighted by atomic mass is 9.83. The second-order valence-electron chi connectivity index (χ2n) is 7.77. The highest BCUT2D eigenvalue weighted by molar-refractivity contribution is 8.02. The fourth-order valence-electron chi connectivity index (χ4n) is 4.18. The highest BCUT2D eigenvalue weighted by Gasteiger charge is 2.64. The number of amides is 2. The molecule has 1 spiro atoms. The molecule has 1 aliphatic carbocycles. The zero-order valence-electron chi connectivity index (χ0n) is 14.8. The van der Waals surface area contributed by atoms with Crippen molar-refractivity contribution in [3.63, 3.8) is 0 Å². The molecule has 4 nitrogen and oxygen atoms in total. The van der Waals surface area contributed by atoms with E-state index in [2.05, 4.69) is 0 Å². The van der Waals surface area contributed by atoms with E-state index in [9.17, 15) is 14.0 Å². The Bertz CT molecular complexity index is 762. The Morgan fingerprint density at radius 1 is 1.36 bits per heavy atom. The molecule has 2 aliphatic heterocycles. The molecule has 1 aromatic rings. The van der Waals surface area contributed by atoms with E-state index in [4.69, 9.17) is 0 Å². The topological polar surface area (TPSA) is 40.6 Å². The molecular formula is C19H23FN2O2S. The fraction of sp³-hybridized carbons (Fsp3) is 0.579. The van der Waals surface area contributed by atoms with Crippen LogP contribution < -0.4 is 4.90 Å². The monoisotopic (exact) mass is 362 g/mol. The number of anilines is 1. The smallest absolute Gasteiger partial charge is 0.268 e. The molecule has 2 amide bonds. The van der Waals surface area contributed by atoms with Crippen LogP contribution in [0.2, 0.25) is 0 Å². The summed E-state index contributed by atoms with van der Waals surface area (Å²) >= 11 is 1.49. The van der Waals surface area contributed by atoms with Crippen molar-refractivity contribution in [2.45, 2.75) is 49.7 Å². The van der Waals surface area contributed by atoms with Crippen LogP contribution >= 0.6 is 11.8 Å². The Morgan fingerprint density at radius 3 is 2.68 bits per heavy atom. The number of likely N-dealkylation sites (N-methyl/N-ethyl adjacent to an activating group) is 1. The first-order valence-corrected chi connectivity index (χ1v) is 9.75. The van der Waals surface area contributed by atoms with Gasteiger partial charge in [-0.1, -0.05) is 6.42 Å². The average molecular weight is 362 g/mol. The van der Waals surface area contributed by atoms with E-state index in [1.165, 1.54) is 23.9 Å². The Hall–Kier alpha value is -1.56. The summed E-state index contributed by atoms with van der Waals surface area (Å²) in [7, 11) is 0. The summed E-state index contributed by atoms with van der Waals surface area (Å²) in [4.78, 5) is 28.9. The molecule has 1 atom stereocenters. The predicted molar refractivity (Wildman–Crippen MR) is 96.8 cm³/mol. The SMILES string of the molecule is CCN1C(=O)[C@@]2(SC(C)(C)CN2C(=O)C2CCC2)c2cc(F)ccc21. The third kappa shape index (κ3) is 2.26. The summed E-state index contributed by atoms with van der Waals surface area (Å²) in [6.45, 7) is 7.02. The van der Waals surface area contributed by atoms with Crippen molar-refractivity contribution in [1.82, 2.24) is 4.90 Å². The number of nitrogens with zero attached hydrogens (tertiary/aromatic N) is 2. The zero-order chi connectivity index (χ0) is 18.0. The first-order valence-electron chi connectivity index (χ1n) is 8.94.